The fourth-order valence-corrected chi connectivity index (χ4v) is 1.94. The third-order valence-corrected chi connectivity index (χ3v) is 2.79. The van der Waals surface area contributed by atoms with Crippen LogP contribution in [0.4, 0.5) is 0 Å². The lowest BCUT2D eigenvalue weighted by molar-refractivity contribution is 0.130. The van der Waals surface area contributed by atoms with Gasteiger partial charge >= 0.3 is 7.12 Å². The van der Waals surface area contributed by atoms with Crippen LogP contribution < -0.4 is 15.9 Å². The number of fused-ring (bicyclic) bond motifs is 1. The number of benzene rings is 1. The van der Waals surface area contributed by atoms with Crippen LogP contribution in [0.25, 0.3) is 0 Å². The number of aliphatic hydroxyl groups excluding tert-OH is 1. The second-order valence-electron chi connectivity index (χ2n) is 4.08. The van der Waals surface area contributed by atoms with Crippen LogP contribution in [-0.4, -0.2) is 36.5 Å². The average molecular weight is 237 g/mol. The van der Waals surface area contributed by atoms with Gasteiger partial charge in [-0.1, -0.05) is 12.1 Å². The van der Waals surface area contributed by atoms with E-state index in [1.54, 1.807) is 13.0 Å². The van der Waals surface area contributed by atoms with Crippen molar-refractivity contribution in [2.45, 2.75) is 19.1 Å². The Bertz CT molecular complexity index is 401. The molecule has 0 amide bonds. The van der Waals surface area contributed by atoms with Crippen molar-refractivity contribution in [3.05, 3.63) is 23.8 Å². The minimum atomic E-state index is -1.01. The van der Waals surface area contributed by atoms with Gasteiger partial charge in [-0.3, -0.25) is 0 Å². The van der Waals surface area contributed by atoms with Crippen molar-refractivity contribution < 1.29 is 19.5 Å². The molecule has 2 rings (SSSR count). The Hall–Kier alpha value is -1.08. The van der Waals surface area contributed by atoms with E-state index in [2.05, 4.69) is 0 Å². The molecule has 4 N–H and O–H groups in total. The lowest BCUT2D eigenvalue weighted by atomic mass is 9.78. The van der Waals surface area contributed by atoms with Crippen molar-refractivity contribution >= 4 is 12.6 Å². The zero-order chi connectivity index (χ0) is 12.4. The van der Waals surface area contributed by atoms with Gasteiger partial charge in [0, 0.05) is 12.0 Å². The van der Waals surface area contributed by atoms with Crippen LogP contribution >= 0.6 is 0 Å². The van der Waals surface area contributed by atoms with Gasteiger partial charge in [0.15, 0.2) is 0 Å². The molecule has 2 unspecified atom stereocenters. The van der Waals surface area contributed by atoms with E-state index in [9.17, 15) is 5.02 Å². The molecule has 0 radical (unpaired) electrons. The number of ether oxygens (including phenoxy) is 1. The summed E-state index contributed by atoms with van der Waals surface area (Å²) in [7, 11) is -1.01. The number of hydrogen-bond acceptors (Lipinski definition) is 5. The average Bonchev–Trinajstić information content (AvgIpc) is 2.67. The summed E-state index contributed by atoms with van der Waals surface area (Å²) in [5.41, 5.74) is 7.04. The maximum absolute atomic E-state index is 9.83. The summed E-state index contributed by atoms with van der Waals surface area (Å²) in [6.45, 7) is 1.98. The Kier molecular flexibility index (Phi) is 3.68. The molecule has 0 saturated heterocycles. The summed E-state index contributed by atoms with van der Waals surface area (Å²) in [5, 5.41) is 18.8. The van der Waals surface area contributed by atoms with Crippen LogP contribution in [0.2, 0.25) is 0 Å². The number of nitrogens with two attached hydrogens (primary N) is 1. The Labute approximate surface area is 100 Å². The molecule has 1 aromatic carbocycles. The van der Waals surface area contributed by atoms with Crippen LogP contribution in [0, 0.1) is 0 Å². The van der Waals surface area contributed by atoms with E-state index in [4.69, 9.17) is 20.2 Å². The first-order valence-electron chi connectivity index (χ1n) is 5.61. The molecule has 0 spiro atoms. The number of hydrogen-bond donors (Lipinski definition) is 3. The van der Waals surface area contributed by atoms with Crippen LogP contribution in [-0.2, 0) is 4.65 Å². The number of rotatable bonds is 4. The first-order valence-corrected chi connectivity index (χ1v) is 5.61. The highest BCUT2D eigenvalue weighted by atomic mass is 16.5. The summed E-state index contributed by atoms with van der Waals surface area (Å²) < 4.78 is 10.9. The second kappa shape index (κ2) is 5.06. The molecule has 1 aliphatic rings. The summed E-state index contributed by atoms with van der Waals surface area (Å²) in [6.07, 6.45) is -0.626. The summed E-state index contributed by atoms with van der Waals surface area (Å²) in [4.78, 5) is 0. The first-order chi connectivity index (χ1) is 8.17. The minimum Gasteiger partial charge on any atom is -0.489 e. The first kappa shape index (κ1) is 12.4. The molecule has 17 heavy (non-hydrogen) atoms. The van der Waals surface area contributed by atoms with Gasteiger partial charge < -0.3 is 25.3 Å². The van der Waals surface area contributed by atoms with Crippen molar-refractivity contribution in [3.63, 3.8) is 0 Å². The molecular formula is C11H16BNO4. The molecule has 2 atom stereocenters. The van der Waals surface area contributed by atoms with E-state index >= 15 is 0 Å². The maximum atomic E-state index is 9.83. The van der Waals surface area contributed by atoms with E-state index in [0.717, 1.165) is 5.56 Å². The molecule has 92 valence electrons. The molecule has 6 heteroatoms. The van der Waals surface area contributed by atoms with Gasteiger partial charge in [0.25, 0.3) is 0 Å². The van der Waals surface area contributed by atoms with E-state index < -0.39 is 7.12 Å². The van der Waals surface area contributed by atoms with Crippen LogP contribution in [0.1, 0.15) is 18.6 Å². The van der Waals surface area contributed by atoms with Crippen LogP contribution in [0.5, 0.6) is 5.75 Å². The lowest BCUT2D eigenvalue weighted by Gasteiger charge is -2.15. The van der Waals surface area contributed by atoms with Gasteiger partial charge in [-0.25, -0.2) is 0 Å². The van der Waals surface area contributed by atoms with E-state index in [-0.39, 0.29) is 18.8 Å². The Morgan fingerprint density at radius 2 is 2.35 bits per heavy atom. The van der Waals surface area contributed by atoms with Gasteiger partial charge in [0.2, 0.25) is 0 Å². The third-order valence-electron chi connectivity index (χ3n) is 2.79. The molecule has 0 saturated carbocycles. The zero-order valence-electron chi connectivity index (χ0n) is 9.67. The lowest BCUT2D eigenvalue weighted by Crippen LogP contribution is -2.31. The Morgan fingerprint density at radius 1 is 1.59 bits per heavy atom. The fraction of sp³-hybridized carbons (Fsp3) is 0.455. The minimum absolute atomic E-state index is 0.0824. The molecule has 0 fully saturated rings. The van der Waals surface area contributed by atoms with E-state index in [0.29, 0.717) is 17.8 Å². The summed E-state index contributed by atoms with van der Waals surface area (Å²) in [6, 6.07) is 5.43. The maximum Gasteiger partial charge on any atom is 0.495 e. The molecule has 1 aliphatic heterocycles. The van der Waals surface area contributed by atoms with Gasteiger partial charge in [-0.2, -0.15) is 0 Å². The van der Waals surface area contributed by atoms with Gasteiger partial charge in [0.1, 0.15) is 11.9 Å². The molecule has 1 aromatic rings. The predicted octanol–water partition coefficient (Wildman–Crippen LogP) is -0.836. The highest BCUT2D eigenvalue weighted by Gasteiger charge is 2.37. The van der Waals surface area contributed by atoms with Crippen LogP contribution in [0.15, 0.2) is 18.2 Å². The topological polar surface area (TPSA) is 84.9 Å². The molecule has 0 bridgehead atoms. The van der Waals surface area contributed by atoms with Crippen LogP contribution in [0.3, 0.4) is 0 Å². The molecule has 0 aliphatic carbocycles. The van der Waals surface area contributed by atoms with Crippen molar-refractivity contribution in [3.8, 4) is 5.75 Å². The summed E-state index contributed by atoms with van der Waals surface area (Å²) >= 11 is 0. The second-order valence-corrected chi connectivity index (χ2v) is 4.08. The zero-order valence-corrected chi connectivity index (χ0v) is 9.67. The van der Waals surface area contributed by atoms with Crippen molar-refractivity contribution in [1.82, 2.24) is 0 Å². The number of aliphatic hydroxyl groups is 1. The van der Waals surface area contributed by atoms with Gasteiger partial charge in [-0.15, -0.1) is 0 Å². The molecule has 0 aromatic heterocycles. The fourth-order valence-electron chi connectivity index (χ4n) is 1.94. The van der Waals surface area contributed by atoms with Crippen molar-refractivity contribution in [2.24, 2.45) is 5.73 Å². The normalized spacial score (nSPS) is 20.2. The SMILES string of the molecule is CC(CO)Oc1cccc2c1B(O)OC2CN. The highest BCUT2D eigenvalue weighted by Crippen LogP contribution is 2.27. The van der Waals surface area contributed by atoms with E-state index in [1.807, 2.05) is 12.1 Å². The largest absolute Gasteiger partial charge is 0.495 e. The summed E-state index contributed by atoms with van der Waals surface area (Å²) in [5.74, 6) is 0.535. The monoisotopic (exact) mass is 237 g/mol. The van der Waals surface area contributed by atoms with Crippen molar-refractivity contribution in [1.29, 1.82) is 0 Å². The molecule has 1 heterocycles. The third kappa shape index (κ3) is 2.30. The van der Waals surface area contributed by atoms with Gasteiger partial charge in [-0.05, 0) is 18.6 Å². The Morgan fingerprint density at radius 3 is 3.00 bits per heavy atom. The van der Waals surface area contributed by atoms with Gasteiger partial charge in [0.05, 0.1) is 12.7 Å². The Balaban J connectivity index is 2.33. The standard InChI is InChI=1S/C11H16BNO4/c1-7(6-14)16-9-4-2-3-8-10(5-13)17-12(15)11(8)9/h2-4,7,10,14-15H,5-6,13H2,1H3. The molecule has 5 nitrogen and oxygen atoms in total. The van der Waals surface area contributed by atoms with Crippen molar-refractivity contribution in [2.75, 3.05) is 13.2 Å². The molecular weight excluding hydrogens is 221 g/mol. The van der Waals surface area contributed by atoms with E-state index in [1.165, 1.54) is 0 Å². The quantitative estimate of drug-likeness (QED) is 0.595. The highest BCUT2D eigenvalue weighted by molar-refractivity contribution is 6.62. The smallest absolute Gasteiger partial charge is 0.489 e. The predicted molar refractivity (Wildman–Crippen MR) is 64.1 cm³/mol.